The van der Waals surface area contributed by atoms with Gasteiger partial charge in [0.25, 0.3) is 10.0 Å². The molecule has 0 spiro atoms. The summed E-state index contributed by atoms with van der Waals surface area (Å²) in [5.41, 5.74) is 6.38. The number of hydrogen-bond acceptors (Lipinski definition) is 6. The maximum absolute atomic E-state index is 12.1. The highest BCUT2D eigenvalue weighted by molar-refractivity contribution is 7.94. The molecule has 0 radical (unpaired) electrons. The van der Waals surface area contributed by atoms with Crippen LogP contribution in [0.5, 0.6) is 0 Å². The molecule has 0 amide bonds. The van der Waals surface area contributed by atoms with Gasteiger partial charge in [0.2, 0.25) is 0 Å². The zero-order chi connectivity index (χ0) is 14.0. The summed E-state index contributed by atoms with van der Waals surface area (Å²) in [7, 11) is -3.54. The predicted molar refractivity (Wildman–Crippen MR) is 79.2 cm³/mol. The number of aromatic nitrogens is 1. The molecule has 5 nitrogen and oxygen atoms in total. The molecule has 8 heteroatoms. The van der Waals surface area contributed by atoms with Crippen LogP contribution in [0.15, 0.2) is 21.7 Å². The van der Waals surface area contributed by atoms with E-state index in [-0.39, 0.29) is 6.04 Å². The van der Waals surface area contributed by atoms with Gasteiger partial charge in [-0.05, 0) is 25.5 Å². The second kappa shape index (κ2) is 5.58. The van der Waals surface area contributed by atoms with Gasteiger partial charge in [-0.2, -0.15) is 0 Å². The average molecular weight is 317 g/mol. The molecule has 1 unspecified atom stereocenters. The fraction of sp³-hybridized carbons (Fsp3) is 0.364. The van der Waals surface area contributed by atoms with Crippen molar-refractivity contribution < 1.29 is 8.42 Å². The Bertz CT molecular complexity index is 658. The summed E-state index contributed by atoms with van der Waals surface area (Å²) in [5, 5.41) is 2.10. The first-order valence-electron chi connectivity index (χ1n) is 5.75. The lowest BCUT2D eigenvalue weighted by Crippen LogP contribution is -2.12. The fourth-order valence-electron chi connectivity index (χ4n) is 1.40. The van der Waals surface area contributed by atoms with Crippen molar-refractivity contribution in [1.29, 1.82) is 0 Å². The summed E-state index contributed by atoms with van der Waals surface area (Å²) in [6, 6.07) is 3.24. The molecule has 0 aromatic carbocycles. The quantitative estimate of drug-likeness (QED) is 0.887. The minimum atomic E-state index is -3.54. The zero-order valence-electron chi connectivity index (χ0n) is 10.6. The summed E-state index contributed by atoms with van der Waals surface area (Å²) >= 11 is 2.51. The highest BCUT2D eigenvalue weighted by Gasteiger charge is 2.18. The van der Waals surface area contributed by atoms with Gasteiger partial charge < -0.3 is 5.73 Å². The van der Waals surface area contributed by atoms with Crippen LogP contribution >= 0.6 is 22.7 Å². The Labute approximate surface area is 120 Å². The van der Waals surface area contributed by atoms with Gasteiger partial charge in [-0.1, -0.05) is 6.92 Å². The molecule has 104 valence electrons. The van der Waals surface area contributed by atoms with E-state index in [4.69, 9.17) is 5.73 Å². The van der Waals surface area contributed by atoms with Gasteiger partial charge in [0, 0.05) is 16.3 Å². The van der Waals surface area contributed by atoms with Crippen molar-refractivity contribution in [3.05, 3.63) is 28.1 Å². The van der Waals surface area contributed by atoms with E-state index < -0.39 is 10.0 Å². The van der Waals surface area contributed by atoms with Gasteiger partial charge in [-0.25, -0.2) is 13.4 Å². The standard InChI is InChI=1S/C11H15N3O2S3/c1-3-8-4-5-10(18-8)19(15,16)14-11-13-9(6-17-11)7(2)12/h4-7H,3,12H2,1-2H3,(H,13,14). The van der Waals surface area contributed by atoms with E-state index in [0.29, 0.717) is 15.0 Å². The maximum atomic E-state index is 12.1. The Morgan fingerprint density at radius 3 is 2.74 bits per heavy atom. The molecule has 0 saturated carbocycles. The molecule has 0 aliphatic heterocycles. The number of hydrogen-bond donors (Lipinski definition) is 2. The van der Waals surface area contributed by atoms with Crippen molar-refractivity contribution in [1.82, 2.24) is 4.98 Å². The van der Waals surface area contributed by atoms with Crippen molar-refractivity contribution in [3.63, 3.8) is 0 Å². The van der Waals surface area contributed by atoms with Gasteiger partial charge >= 0.3 is 0 Å². The van der Waals surface area contributed by atoms with Crippen LogP contribution in [0.25, 0.3) is 0 Å². The number of nitrogens with zero attached hydrogens (tertiary/aromatic N) is 1. The Balaban J connectivity index is 2.20. The number of anilines is 1. The molecular weight excluding hydrogens is 302 g/mol. The highest BCUT2D eigenvalue weighted by Crippen LogP contribution is 2.26. The average Bonchev–Trinajstić information content (AvgIpc) is 2.96. The molecule has 0 aliphatic carbocycles. The first-order chi connectivity index (χ1) is 8.92. The van der Waals surface area contributed by atoms with Crippen molar-refractivity contribution in [2.24, 2.45) is 5.73 Å². The van der Waals surface area contributed by atoms with Crippen LogP contribution in [0.1, 0.15) is 30.5 Å². The van der Waals surface area contributed by atoms with Crippen molar-refractivity contribution >= 4 is 37.8 Å². The van der Waals surface area contributed by atoms with Crippen LogP contribution in [0, 0.1) is 0 Å². The molecule has 0 aliphatic rings. The summed E-state index contributed by atoms with van der Waals surface area (Å²) in [6.07, 6.45) is 0.826. The van der Waals surface area contributed by atoms with E-state index >= 15 is 0 Å². The van der Waals surface area contributed by atoms with Crippen molar-refractivity contribution in [2.75, 3.05) is 4.72 Å². The minimum absolute atomic E-state index is 0.206. The molecule has 3 N–H and O–H groups in total. The molecule has 0 saturated heterocycles. The molecule has 2 aromatic rings. The fourth-order valence-corrected chi connectivity index (χ4v) is 4.76. The third kappa shape index (κ3) is 3.33. The molecule has 2 aromatic heterocycles. The largest absolute Gasteiger partial charge is 0.323 e. The summed E-state index contributed by atoms with van der Waals surface area (Å²) in [4.78, 5) is 5.19. The highest BCUT2D eigenvalue weighted by atomic mass is 32.2. The SMILES string of the molecule is CCc1ccc(S(=O)(=O)Nc2nc(C(C)N)cs2)s1. The van der Waals surface area contributed by atoms with E-state index in [1.807, 2.05) is 13.0 Å². The Morgan fingerprint density at radius 2 is 2.21 bits per heavy atom. The van der Waals surface area contributed by atoms with Gasteiger partial charge in [-0.3, -0.25) is 4.72 Å². The van der Waals surface area contributed by atoms with Crippen molar-refractivity contribution in [2.45, 2.75) is 30.5 Å². The van der Waals surface area contributed by atoms with Crippen LogP contribution in [0.4, 0.5) is 5.13 Å². The number of aryl methyl sites for hydroxylation is 1. The van der Waals surface area contributed by atoms with Gasteiger partial charge in [0.15, 0.2) is 5.13 Å². The number of rotatable bonds is 5. The third-order valence-electron chi connectivity index (χ3n) is 2.46. The Morgan fingerprint density at radius 1 is 1.47 bits per heavy atom. The van der Waals surface area contributed by atoms with E-state index in [2.05, 4.69) is 9.71 Å². The van der Waals surface area contributed by atoms with E-state index in [1.165, 1.54) is 22.7 Å². The smallest absolute Gasteiger partial charge is 0.273 e. The van der Waals surface area contributed by atoms with E-state index in [1.54, 1.807) is 18.4 Å². The normalized spacial score (nSPS) is 13.4. The lowest BCUT2D eigenvalue weighted by Gasteiger charge is -2.02. The van der Waals surface area contributed by atoms with Crippen LogP contribution in [0.2, 0.25) is 0 Å². The lowest BCUT2D eigenvalue weighted by atomic mass is 10.3. The number of thiophene rings is 1. The van der Waals surface area contributed by atoms with E-state index in [9.17, 15) is 8.42 Å². The summed E-state index contributed by atoms with van der Waals surface area (Å²) < 4.78 is 27.1. The van der Waals surface area contributed by atoms with E-state index in [0.717, 1.165) is 11.3 Å². The second-order valence-electron chi connectivity index (χ2n) is 4.05. The molecule has 2 rings (SSSR count). The number of nitrogens with two attached hydrogens (primary N) is 1. The molecule has 0 bridgehead atoms. The molecule has 1 atom stereocenters. The first-order valence-corrected chi connectivity index (χ1v) is 8.93. The number of thiazole rings is 1. The third-order valence-corrected chi connectivity index (χ3v) is 6.43. The first kappa shape index (κ1) is 14.4. The molecule has 2 heterocycles. The number of nitrogens with one attached hydrogen (secondary N) is 1. The van der Waals surface area contributed by atoms with Crippen molar-refractivity contribution in [3.8, 4) is 0 Å². The second-order valence-corrected chi connectivity index (χ2v) is 7.98. The molecule has 0 fully saturated rings. The van der Waals surface area contributed by atoms with Gasteiger partial charge in [0.05, 0.1) is 5.69 Å². The predicted octanol–water partition coefficient (Wildman–Crippen LogP) is 2.59. The van der Waals surface area contributed by atoms with Crippen LogP contribution in [-0.4, -0.2) is 13.4 Å². The van der Waals surface area contributed by atoms with Gasteiger partial charge in [-0.15, -0.1) is 22.7 Å². The van der Waals surface area contributed by atoms with Crippen LogP contribution < -0.4 is 10.5 Å². The van der Waals surface area contributed by atoms with Gasteiger partial charge in [0.1, 0.15) is 4.21 Å². The topological polar surface area (TPSA) is 85.1 Å². The Hall–Kier alpha value is -0.960. The summed E-state index contributed by atoms with van der Waals surface area (Å²) in [5.74, 6) is 0. The van der Waals surface area contributed by atoms with Crippen LogP contribution in [-0.2, 0) is 16.4 Å². The molecule has 19 heavy (non-hydrogen) atoms. The molecular formula is C11H15N3O2S3. The van der Waals surface area contributed by atoms with Crippen LogP contribution in [0.3, 0.4) is 0 Å². The maximum Gasteiger partial charge on any atom is 0.273 e. The Kier molecular flexibility index (Phi) is 4.24. The minimum Gasteiger partial charge on any atom is -0.323 e. The zero-order valence-corrected chi connectivity index (χ0v) is 13.0. The monoisotopic (exact) mass is 317 g/mol. The number of sulfonamides is 1. The lowest BCUT2D eigenvalue weighted by molar-refractivity contribution is 0.603. The summed E-state index contributed by atoms with van der Waals surface area (Å²) in [6.45, 7) is 3.80.